The standard InChI is InChI=1S/C21H24N6O3S2/c1-21(2,3)16-11-26(8-9-27(16)20(29)30)19-14(10-23-32-19)24-17(28)15-12-31-18(25-15)13-4-6-22-7-5-13/h4-7,10,12,16H,8-9,11H2,1-3H3,(H,24,28)(H,29,30). The third-order valence-corrected chi connectivity index (χ3v) is 7.13. The molecule has 1 fully saturated rings. The molecule has 3 aromatic heterocycles. The molecular weight excluding hydrogens is 448 g/mol. The zero-order valence-electron chi connectivity index (χ0n) is 18.0. The van der Waals surface area contributed by atoms with E-state index in [0.29, 0.717) is 31.0 Å². The fourth-order valence-electron chi connectivity index (χ4n) is 3.68. The maximum Gasteiger partial charge on any atom is 0.407 e. The van der Waals surface area contributed by atoms with Crippen molar-refractivity contribution in [3.05, 3.63) is 41.8 Å². The van der Waals surface area contributed by atoms with E-state index in [1.807, 2.05) is 32.9 Å². The van der Waals surface area contributed by atoms with E-state index in [1.54, 1.807) is 24.0 Å². The highest BCUT2D eigenvalue weighted by Gasteiger charge is 2.39. The molecule has 1 atom stereocenters. The second-order valence-electron chi connectivity index (χ2n) is 8.58. The quantitative estimate of drug-likeness (QED) is 0.587. The summed E-state index contributed by atoms with van der Waals surface area (Å²) in [7, 11) is 0. The third-order valence-electron chi connectivity index (χ3n) is 5.38. The highest BCUT2D eigenvalue weighted by Crippen LogP contribution is 2.36. The summed E-state index contributed by atoms with van der Waals surface area (Å²) in [6, 6.07) is 3.52. The molecule has 0 spiro atoms. The van der Waals surface area contributed by atoms with E-state index in [-0.39, 0.29) is 17.4 Å². The number of thiazole rings is 1. The van der Waals surface area contributed by atoms with E-state index in [2.05, 4.69) is 24.6 Å². The van der Waals surface area contributed by atoms with Gasteiger partial charge in [0.2, 0.25) is 0 Å². The summed E-state index contributed by atoms with van der Waals surface area (Å²) in [4.78, 5) is 36.6. The predicted molar refractivity (Wildman–Crippen MR) is 126 cm³/mol. The van der Waals surface area contributed by atoms with E-state index < -0.39 is 6.09 Å². The Bertz CT molecular complexity index is 1110. The molecule has 4 heterocycles. The molecule has 1 aliphatic rings. The summed E-state index contributed by atoms with van der Waals surface area (Å²) in [5.41, 5.74) is 1.62. The van der Waals surface area contributed by atoms with Crippen LogP contribution in [-0.2, 0) is 0 Å². The Morgan fingerprint density at radius 1 is 1.22 bits per heavy atom. The van der Waals surface area contributed by atoms with Crippen molar-refractivity contribution >= 4 is 45.6 Å². The van der Waals surface area contributed by atoms with Crippen molar-refractivity contribution in [3.8, 4) is 10.6 Å². The second-order valence-corrected chi connectivity index (χ2v) is 10.2. The first kappa shape index (κ1) is 22.2. The van der Waals surface area contributed by atoms with Gasteiger partial charge in [-0.15, -0.1) is 11.3 Å². The summed E-state index contributed by atoms with van der Waals surface area (Å²) in [6.45, 7) is 7.57. The van der Waals surface area contributed by atoms with Crippen LogP contribution in [0.1, 0.15) is 31.3 Å². The maximum atomic E-state index is 12.8. The lowest BCUT2D eigenvalue weighted by Gasteiger charge is -2.46. The molecule has 11 heteroatoms. The zero-order valence-corrected chi connectivity index (χ0v) is 19.6. The molecule has 2 amide bonds. The molecule has 1 unspecified atom stereocenters. The van der Waals surface area contributed by atoms with Crippen LogP contribution in [0.15, 0.2) is 36.1 Å². The molecule has 168 valence electrons. The van der Waals surface area contributed by atoms with Crippen LogP contribution < -0.4 is 10.2 Å². The van der Waals surface area contributed by atoms with E-state index >= 15 is 0 Å². The van der Waals surface area contributed by atoms with Crippen LogP contribution in [0.25, 0.3) is 10.6 Å². The number of nitrogens with zero attached hydrogens (tertiary/aromatic N) is 5. The Balaban J connectivity index is 1.50. The van der Waals surface area contributed by atoms with E-state index in [0.717, 1.165) is 15.6 Å². The first-order valence-corrected chi connectivity index (χ1v) is 11.8. The van der Waals surface area contributed by atoms with Gasteiger partial charge in [-0.25, -0.2) is 9.78 Å². The molecule has 2 N–H and O–H groups in total. The third kappa shape index (κ3) is 4.58. The minimum atomic E-state index is -0.907. The van der Waals surface area contributed by atoms with Gasteiger partial charge in [-0.3, -0.25) is 9.78 Å². The van der Waals surface area contributed by atoms with Gasteiger partial charge in [0.25, 0.3) is 5.91 Å². The van der Waals surface area contributed by atoms with Crippen LogP contribution >= 0.6 is 22.9 Å². The molecule has 1 saturated heterocycles. The van der Waals surface area contributed by atoms with Gasteiger partial charge in [-0.2, -0.15) is 4.37 Å². The normalized spacial score (nSPS) is 16.8. The number of piperazine rings is 1. The smallest absolute Gasteiger partial charge is 0.407 e. The summed E-state index contributed by atoms with van der Waals surface area (Å²) >= 11 is 2.69. The molecule has 0 aliphatic carbocycles. The van der Waals surface area contributed by atoms with Gasteiger partial charge in [0, 0.05) is 43.0 Å². The van der Waals surface area contributed by atoms with Crippen LogP contribution in [-0.4, -0.2) is 62.0 Å². The molecule has 0 bridgehead atoms. The number of carbonyl (C=O) groups excluding carboxylic acids is 1. The van der Waals surface area contributed by atoms with Crippen LogP contribution in [0.3, 0.4) is 0 Å². The monoisotopic (exact) mass is 472 g/mol. The summed E-state index contributed by atoms with van der Waals surface area (Å²) in [6.07, 6.45) is 4.10. The fourth-order valence-corrected chi connectivity index (χ4v) is 5.22. The Morgan fingerprint density at radius 3 is 2.66 bits per heavy atom. The summed E-state index contributed by atoms with van der Waals surface area (Å²) in [5.74, 6) is -0.306. The van der Waals surface area contributed by atoms with Crippen LogP contribution in [0.2, 0.25) is 0 Å². The minimum Gasteiger partial charge on any atom is -0.465 e. The number of hydrogen-bond acceptors (Lipinski definition) is 8. The average molecular weight is 473 g/mol. The lowest BCUT2D eigenvalue weighted by molar-refractivity contribution is 0.0750. The largest absolute Gasteiger partial charge is 0.465 e. The lowest BCUT2D eigenvalue weighted by Crippen LogP contribution is -2.59. The number of hydrogen-bond donors (Lipinski definition) is 2. The number of carbonyl (C=O) groups is 2. The number of amides is 2. The van der Waals surface area contributed by atoms with Gasteiger partial charge in [0.05, 0.1) is 17.9 Å². The molecule has 3 aromatic rings. The van der Waals surface area contributed by atoms with Crippen molar-refractivity contribution in [1.29, 1.82) is 0 Å². The number of carboxylic acid groups (broad SMARTS) is 1. The SMILES string of the molecule is CC(C)(C)C1CN(c2sncc2NC(=O)c2csc(-c3ccncc3)n2)CCN1C(=O)O. The second kappa shape index (κ2) is 8.83. The number of pyridine rings is 1. The molecule has 0 saturated carbocycles. The van der Waals surface area contributed by atoms with E-state index in [9.17, 15) is 14.7 Å². The van der Waals surface area contributed by atoms with Crippen LogP contribution in [0.5, 0.6) is 0 Å². The average Bonchev–Trinajstić information content (AvgIpc) is 3.43. The van der Waals surface area contributed by atoms with E-state index in [1.165, 1.54) is 27.8 Å². The van der Waals surface area contributed by atoms with Gasteiger partial charge >= 0.3 is 6.09 Å². The topological polar surface area (TPSA) is 112 Å². The number of aromatic nitrogens is 3. The Labute approximate surface area is 193 Å². The van der Waals surface area contributed by atoms with Crippen molar-refractivity contribution in [2.45, 2.75) is 26.8 Å². The molecule has 9 nitrogen and oxygen atoms in total. The molecule has 32 heavy (non-hydrogen) atoms. The number of rotatable bonds is 4. The van der Waals surface area contributed by atoms with Gasteiger partial charge in [0.15, 0.2) is 0 Å². The lowest BCUT2D eigenvalue weighted by atomic mass is 9.84. The highest BCUT2D eigenvalue weighted by molar-refractivity contribution is 7.13. The van der Waals surface area contributed by atoms with Crippen LogP contribution in [0.4, 0.5) is 15.5 Å². The first-order chi connectivity index (χ1) is 15.2. The molecule has 0 radical (unpaired) electrons. The van der Waals surface area contributed by atoms with E-state index in [4.69, 9.17) is 0 Å². The van der Waals surface area contributed by atoms with Gasteiger partial charge < -0.3 is 20.2 Å². The fraction of sp³-hybridized carbons (Fsp3) is 0.381. The molecule has 0 aromatic carbocycles. The number of nitrogens with one attached hydrogen (secondary N) is 1. The zero-order chi connectivity index (χ0) is 22.9. The highest BCUT2D eigenvalue weighted by atomic mass is 32.1. The Kier molecular flexibility index (Phi) is 6.11. The summed E-state index contributed by atoms with van der Waals surface area (Å²) < 4.78 is 4.27. The van der Waals surface area contributed by atoms with Crippen LogP contribution in [0, 0.1) is 5.41 Å². The predicted octanol–water partition coefficient (Wildman–Crippen LogP) is 4.13. The summed E-state index contributed by atoms with van der Waals surface area (Å²) in [5, 5.41) is 15.8. The Hall–Kier alpha value is -3.05. The first-order valence-electron chi connectivity index (χ1n) is 10.1. The van der Waals surface area contributed by atoms with Crippen molar-refractivity contribution in [2.24, 2.45) is 5.41 Å². The Morgan fingerprint density at radius 2 is 1.97 bits per heavy atom. The minimum absolute atomic E-state index is 0.180. The van der Waals surface area contributed by atoms with Crippen molar-refractivity contribution < 1.29 is 14.7 Å². The molecule has 1 aliphatic heterocycles. The number of anilines is 2. The van der Waals surface area contributed by atoms with Crippen molar-refractivity contribution in [1.82, 2.24) is 19.2 Å². The van der Waals surface area contributed by atoms with Crippen molar-refractivity contribution in [3.63, 3.8) is 0 Å². The van der Waals surface area contributed by atoms with Gasteiger partial charge in [-0.1, -0.05) is 20.8 Å². The van der Waals surface area contributed by atoms with Gasteiger partial charge in [0.1, 0.15) is 15.7 Å². The molecular formula is C21H24N6O3S2. The van der Waals surface area contributed by atoms with Gasteiger partial charge in [-0.05, 0) is 29.1 Å². The molecule has 4 rings (SSSR count). The maximum absolute atomic E-state index is 12.8. The van der Waals surface area contributed by atoms with Crippen molar-refractivity contribution in [2.75, 3.05) is 29.9 Å².